The fourth-order valence-electron chi connectivity index (χ4n) is 3.95. The molecule has 6 heteroatoms. The van der Waals surface area contributed by atoms with Crippen molar-refractivity contribution in [3.63, 3.8) is 0 Å². The molecule has 1 N–H and O–H groups in total. The second-order valence-electron chi connectivity index (χ2n) is 7.24. The van der Waals surface area contributed by atoms with E-state index >= 15 is 0 Å². The fraction of sp³-hybridized carbons (Fsp3) is 0.474. The van der Waals surface area contributed by atoms with Gasteiger partial charge in [-0.1, -0.05) is 29.8 Å². The molecule has 25 heavy (non-hydrogen) atoms. The van der Waals surface area contributed by atoms with Crippen LogP contribution in [0.15, 0.2) is 36.7 Å². The largest absolute Gasteiger partial charge is 0.339 e. The van der Waals surface area contributed by atoms with Crippen LogP contribution in [-0.4, -0.2) is 46.8 Å². The third-order valence-electron chi connectivity index (χ3n) is 5.61. The van der Waals surface area contributed by atoms with Crippen molar-refractivity contribution in [2.75, 3.05) is 26.2 Å². The maximum atomic E-state index is 12.8. The molecule has 2 aliphatic rings. The highest BCUT2D eigenvalue weighted by Gasteiger charge is 2.38. The van der Waals surface area contributed by atoms with Crippen molar-refractivity contribution in [1.82, 2.24) is 20.0 Å². The first kappa shape index (κ1) is 16.6. The molecule has 0 bridgehead atoms. The number of nitrogens with one attached hydrogen (secondary N) is 1. The summed E-state index contributed by atoms with van der Waals surface area (Å²) >= 11 is 6.20. The van der Waals surface area contributed by atoms with Gasteiger partial charge >= 0.3 is 0 Å². The Morgan fingerprint density at radius 1 is 1.24 bits per heavy atom. The van der Waals surface area contributed by atoms with Crippen molar-refractivity contribution in [2.24, 2.45) is 5.41 Å². The summed E-state index contributed by atoms with van der Waals surface area (Å²) in [6.07, 6.45) is 6.93. The first-order valence-electron chi connectivity index (χ1n) is 8.91. The molecule has 1 spiro atoms. The van der Waals surface area contributed by atoms with E-state index in [1.54, 1.807) is 10.9 Å². The third kappa shape index (κ3) is 3.44. The van der Waals surface area contributed by atoms with Gasteiger partial charge in [0.1, 0.15) is 0 Å². The number of carbonyl (C=O) groups excluding carboxylic acids is 1. The van der Waals surface area contributed by atoms with Crippen LogP contribution in [-0.2, 0) is 6.54 Å². The molecule has 0 aliphatic carbocycles. The molecule has 0 saturated carbocycles. The number of nitrogens with zero attached hydrogens (tertiary/aromatic N) is 3. The second kappa shape index (κ2) is 6.81. The molecule has 1 aromatic heterocycles. The molecule has 0 radical (unpaired) electrons. The average molecular weight is 359 g/mol. The number of rotatable bonds is 3. The zero-order valence-corrected chi connectivity index (χ0v) is 15.0. The Kier molecular flexibility index (Phi) is 4.52. The minimum Gasteiger partial charge on any atom is -0.339 e. The average Bonchev–Trinajstić information content (AvgIpc) is 3.27. The molecule has 0 atom stereocenters. The molecule has 5 nitrogen and oxygen atoms in total. The number of aromatic nitrogens is 2. The van der Waals surface area contributed by atoms with E-state index in [2.05, 4.69) is 10.4 Å². The van der Waals surface area contributed by atoms with Gasteiger partial charge in [-0.05, 0) is 42.9 Å². The lowest BCUT2D eigenvalue weighted by Gasteiger charge is -2.38. The zero-order chi connectivity index (χ0) is 17.3. The molecule has 2 aliphatic heterocycles. The van der Waals surface area contributed by atoms with Gasteiger partial charge in [0.25, 0.3) is 5.91 Å². The molecule has 132 valence electrons. The number of amides is 1. The van der Waals surface area contributed by atoms with Crippen LogP contribution in [0.25, 0.3) is 0 Å². The monoisotopic (exact) mass is 358 g/mol. The summed E-state index contributed by atoms with van der Waals surface area (Å²) < 4.78 is 1.78. The van der Waals surface area contributed by atoms with Crippen molar-refractivity contribution in [1.29, 1.82) is 0 Å². The molecular formula is C19H23ClN4O. The Hall–Kier alpha value is -1.85. The first-order valence-corrected chi connectivity index (χ1v) is 9.29. The quantitative estimate of drug-likeness (QED) is 0.917. The van der Waals surface area contributed by atoms with Crippen LogP contribution in [0.2, 0.25) is 5.02 Å². The lowest BCUT2D eigenvalue weighted by molar-refractivity contribution is 0.0607. The van der Waals surface area contributed by atoms with Gasteiger partial charge in [-0.15, -0.1) is 0 Å². The Morgan fingerprint density at radius 3 is 2.76 bits per heavy atom. The SMILES string of the molecule is O=C(c1cnn(Cc2ccccc2Cl)c1)N1CCC2(CCNC2)CC1. The molecule has 0 unspecified atom stereocenters. The molecule has 2 fully saturated rings. The Balaban J connectivity index is 1.40. The number of piperidine rings is 1. The smallest absolute Gasteiger partial charge is 0.257 e. The van der Waals surface area contributed by atoms with E-state index in [9.17, 15) is 4.79 Å². The highest BCUT2D eigenvalue weighted by molar-refractivity contribution is 6.31. The molecular weight excluding hydrogens is 336 g/mol. The number of benzene rings is 1. The van der Waals surface area contributed by atoms with Gasteiger partial charge in [-0.2, -0.15) is 5.10 Å². The topological polar surface area (TPSA) is 50.2 Å². The Morgan fingerprint density at radius 2 is 2.04 bits per heavy atom. The first-order chi connectivity index (χ1) is 12.2. The number of likely N-dealkylation sites (tertiary alicyclic amines) is 1. The maximum absolute atomic E-state index is 12.8. The highest BCUT2D eigenvalue weighted by Crippen LogP contribution is 2.37. The minimum atomic E-state index is 0.0891. The van der Waals surface area contributed by atoms with E-state index in [0.29, 0.717) is 17.5 Å². The molecule has 2 aromatic rings. The van der Waals surface area contributed by atoms with Crippen LogP contribution in [0.4, 0.5) is 0 Å². The van der Waals surface area contributed by atoms with Crippen LogP contribution >= 0.6 is 11.6 Å². The molecule has 1 amide bonds. The zero-order valence-electron chi connectivity index (χ0n) is 14.2. The lowest BCUT2D eigenvalue weighted by atomic mass is 9.78. The summed E-state index contributed by atoms with van der Waals surface area (Å²) in [5, 5.41) is 8.52. The van der Waals surface area contributed by atoms with Crippen LogP contribution in [0.5, 0.6) is 0 Å². The van der Waals surface area contributed by atoms with Crippen molar-refractivity contribution in [3.8, 4) is 0 Å². The number of hydrogen-bond donors (Lipinski definition) is 1. The van der Waals surface area contributed by atoms with Gasteiger partial charge < -0.3 is 10.2 Å². The summed E-state index contributed by atoms with van der Waals surface area (Å²) in [4.78, 5) is 14.7. The molecule has 2 saturated heterocycles. The van der Waals surface area contributed by atoms with E-state index in [0.717, 1.165) is 49.6 Å². The van der Waals surface area contributed by atoms with Crippen LogP contribution in [0.3, 0.4) is 0 Å². The normalized spacial score (nSPS) is 19.5. The predicted molar refractivity (Wildman–Crippen MR) is 97.8 cm³/mol. The van der Waals surface area contributed by atoms with Crippen molar-refractivity contribution >= 4 is 17.5 Å². The molecule has 4 rings (SSSR count). The Labute approximate surface area is 153 Å². The van der Waals surface area contributed by atoms with Gasteiger partial charge in [-0.3, -0.25) is 9.48 Å². The van der Waals surface area contributed by atoms with Gasteiger partial charge in [-0.25, -0.2) is 0 Å². The standard InChI is InChI=1S/C19H23ClN4O/c20-17-4-2-1-3-15(17)12-24-13-16(11-22-24)18(25)23-9-6-19(7-10-23)5-8-21-14-19/h1-4,11,13,21H,5-10,12,14H2. The van der Waals surface area contributed by atoms with Gasteiger partial charge in [0.05, 0.1) is 18.3 Å². The maximum Gasteiger partial charge on any atom is 0.257 e. The summed E-state index contributed by atoms with van der Waals surface area (Å²) in [6, 6.07) is 7.71. The third-order valence-corrected chi connectivity index (χ3v) is 5.98. The van der Waals surface area contributed by atoms with Crippen molar-refractivity contribution in [2.45, 2.75) is 25.8 Å². The molecule has 1 aromatic carbocycles. The Bertz CT molecular complexity index is 756. The lowest BCUT2D eigenvalue weighted by Crippen LogP contribution is -2.43. The van der Waals surface area contributed by atoms with Gasteiger partial charge in [0, 0.05) is 30.9 Å². The predicted octanol–water partition coefficient (Wildman–Crippen LogP) is 2.80. The van der Waals surface area contributed by atoms with Crippen LogP contribution < -0.4 is 5.32 Å². The molecule has 3 heterocycles. The minimum absolute atomic E-state index is 0.0891. The van der Waals surface area contributed by atoms with E-state index in [-0.39, 0.29) is 5.91 Å². The fourth-order valence-corrected chi connectivity index (χ4v) is 4.15. The van der Waals surface area contributed by atoms with Crippen molar-refractivity contribution in [3.05, 3.63) is 52.8 Å². The van der Waals surface area contributed by atoms with Crippen LogP contribution in [0.1, 0.15) is 35.2 Å². The van der Waals surface area contributed by atoms with Gasteiger partial charge in [0.2, 0.25) is 0 Å². The highest BCUT2D eigenvalue weighted by atomic mass is 35.5. The summed E-state index contributed by atoms with van der Waals surface area (Å²) in [7, 11) is 0. The summed E-state index contributed by atoms with van der Waals surface area (Å²) in [6.45, 7) is 4.47. The van der Waals surface area contributed by atoms with E-state index < -0.39 is 0 Å². The number of hydrogen-bond acceptors (Lipinski definition) is 3. The number of carbonyl (C=O) groups is 1. The van der Waals surface area contributed by atoms with Gasteiger partial charge in [0.15, 0.2) is 0 Å². The van der Waals surface area contributed by atoms with Crippen molar-refractivity contribution < 1.29 is 4.79 Å². The second-order valence-corrected chi connectivity index (χ2v) is 7.64. The number of halogens is 1. The van der Waals surface area contributed by atoms with Crippen LogP contribution in [0, 0.1) is 5.41 Å². The van der Waals surface area contributed by atoms with E-state index in [1.165, 1.54) is 6.42 Å². The van der Waals surface area contributed by atoms with E-state index in [1.807, 2.05) is 35.4 Å². The summed E-state index contributed by atoms with van der Waals surface area (Å²) in [5.41, 5.74) is 2.08. The van der Waals surface area contributed by atoms with E-state index in [4.69, 9.17) is 11.6 Å². The summed E-state index contributed by atoms with van der Waals surface area (Å²) in [5.74, 6) is 0.0891.